The summed E-state index contributed by atoms with van der Waals surface area (Å²) in [6, 6.07) is 9.81. The predicted molar refractivity (Wildman–Crippen MR) is 66.5 cm³/mol. The minimum absolute atomic E-state index is 0.324. The summed E-state index contributed by atoms with van der Waals surface area (Å²) in [7, 11) is 0. The number of benzene rings is 1. The first-order chi connectivity index (χ1) is 7.74. The lowest BCUT2D eigenvalue weighted by molar-refractivity contribution is 0.245. The van der Waals surface area contributed by atoms with Crippen molar-refractivity contribution in [1.82, 2.24) is 4.90 Å². The van der Waals surface area contributed by atoms with Gasteiger partial charge in [-0.05, 0) is 37.0 Å². The number of rotatable bonds is 2. The summed E-state index contributed by atoms with van der Waals surface area (Å²) in [5, 5.41) is 0.828. The van der Waals surface area contributed by atoms with Crippen LogP contribution in [0.25, 0.3) is 0 Å². The summed E-state index contributed by atoms with van der Waals surface area (Å²) in [5.41, 5.74) is 7.41. The van der Waals surface area contributed by atoms with E-state index in [0.717, 1.165) is 24.0 Å². The van der Waals surface area contributed by atoms with Crippen molar-refractivity contribution in [3.8, 4) is 0 Å². The van der Waals surface area contributed by atoms with Crippen molar-refractivity contribution in [3.63, 3.8) is 0 Å². The van der Waals surface area contributed by atoms with E-state index >= 15 is 0 Å². The van der Waals surface area contributed by atoms with E-state index in [4.69, 9.17) is 17.3 Å². The Bertz CT molecular complexity index is 389. The van der Waals surface area contributed by atoms with Crippen LogP contribution in [0.15, 0.2) is 24.3 Å². The molecule has 0 radical (unpaired) electrons. The molecule has 2 N–H and O–H groups in total. The molecule has 0 aromatic heterocycles. The Hall–Kier alpha value is -0.570. The summed E-state index contributed by atoms with van der Waals surface area (Å²) >= 11 is 6.05. The molecule has 0 spiro atoms. The van der Waals surface area contributed by atoms with Gasteiger partial charge in [0.05, 0.1) is 0 Å². The summed E-state index contributed by atoms with van der Waals surface area (Å²) in [6.07, 6.45) is 3.74. The van der Waals surface area contributed by atoms with E-state index < -0.39 is 0 Å². The lowest BCUT2D eigenvalue weighted by Crippen LogP contribution is -2.29. The maximum atomic E-state index is 6.08. The van der Waals surface area contributed by atoms with Crippen LogP contribution in [0, 0.1) is 0 Å². The van der Waals surface area contributed by atoms with Crippen LogP contribution in [-0.2, 0) is 0 Å². The lowest BCUT2D eigenvalue weighted by Gasteiger charge is -2.24. The van der Waals surface area contributed by atoms with Crippen LogP contribution in [0.1, 0.15) is 30.9 Å². The second-order valence-electron chi connectivity index (χ2n) is 4.99. The van der Waals surface area contributed by atoms with Gasteiger partial charge in [-0.25, -0.2) is 0 Å². The fourth-order valence-electron chi connectivity index (χ4n) is 2.75. The van der Waals surface area contributed by atoms with Crippen LogP contribution >= 0.6 is 11.6 Å². The molecule has 0 amide bonds. The first-order valence-corrected chi connectivity index (χ1v) is 6.38. The fourth-order valence-corrected chi connectivity index (χ4v) is 2.94. The normalized spacial score (nSPS) is 30.9. The molecule has 2 aliphatic rings. The standard InChI is InChI=1S/C13H17ClN2/c14-10-3-1-2-9(6-10)13-7-11(15)8-16(13)12-4-5-12/h1-3,6,11-13H,4-5,7-8,15H2. The van der Waals surface area contributed by atoms with E-state index in [1.165, 1.54) is 18.4 Å². The van der Waals surface area contributed by atoms with Crippen molar-refractivity contribution in [2.45, 2.75) is 37.4 Å². The number of likely N-dealkylation sites (tertiary alicyclic amines) is 1. The molecule has 1 aromatic carbocycles. The Kier molecular flexibility index (Phi) is 2.66. The molecule has 2 atom stereocenters. The van der Waals surface area contributed by atoms with Gasteiger partial charge in [0.1, 0.15) is 0 Å². The highest BCUT2D eigenvalue weighted by Crippen LogP contribution is 2.40. The molecule has 1 saturated carbocycles. The molecule has 3 heteroatoms. The third-order valence-electron chi connectivity index (χ3n) is 3.62. The minimum Gasteiger partial charge on any atom is -0.326 e. The number of nitrogens with two attached hydrogens (primary N) is 1. The molecule has 2 nitrogen and oxygen atoms in total. The van der Waals surface area contributed by atoms with Crippen LogP contribution < -0.4 is 5.73 Å². The number of hydrogen-bond acceptors (Lipinski definition) is 2. The number of hydrogen-bond donors (Lipinski definition) is 1. The number of nitrogens with zero attached hydrogens (tertiary/aromatic N) is 1. The van der Waals surface area contributed by atoms with E-state index in [-0.39, 0.29) is 0 Å². The molecule has 1 aliphatic carbocycles. The van der Waals surface area contributed by atoms with Gasteiger partial charge < -0.3 is 5.73 Å². The quantitative estimate of drug-likeness (QED) is 0.855. The fraction of sp³-hybridized carbons (Fsp3) is 0.538. The third kappa shape index (κ3) is 1.97. The van der Waals surface area contributed by atoms with Crippen LogP contribution in [0.4, 0.5) is 0 Å². The lowest BCUT2D eigenvalue weighted by atomic mass is 10.0. The Morgan fingerprint density at radius 3 is 2.81 bits per heavy atom. The molecule has 2 fully saturated rings. The molecule has 3 rings (SSSR count). The maximum absolute atomic E-state index is 6.08. The average molecular weight is 237 g/mol. The maximum Gasteiger partial charge on any atom is 0.0409 e. The van der Waals surface area contributed by atoms with Gasteiger partial charge in [-0.1, -0.05) is 23.7 Å². The molecule has 1 aromatic rings. The van der Waals surface area contributed by atoms with Gasteiger partial charge in [-0.15, -0.1) is 0 Å². The van der Waals surface area contributed by atoms with E-state index in [2.05, 4.69) is 17.0 Å². The van der Waals surface area contributed by atoms with Crippen LogP contribution in [0.2, 0.25) is 5.02 Å². The van der Waals surface area contributed by atoms with Gasteiger partial charge in [-0.3, -0.25) is 4.90 Å². The summed E-state index contributed by atoms with van der Waals surface area (Å²) in [5.74, 6) is 0. The average Bonchev–Trinajstić information content (AvgIpc) is 3.02. The van der Waals surface area contributed by atoms with Crippen LogP contribution in [0.3, 0.4) is 0 Å². The summed E-state index contributed by atoms with van der Waals surface area (Å²) in [4.78, 5) is 2.57. The molecule has 16 heavy (non-hydrogen) atoms. The summed E-state index contributed by atoms with van der Waals surface area (Å²) in [6.45, 7) is 1.04. The molecular weight excluding hydrogens is 220 g/mol. The summed E-state index contributed by atoms with van der Waals surface area (Å²) < 4.78 is 0. The second kappa shape index (κ2) is 4.02. The van der Waals surface area contributed by atoms with E-state index in [1.54, 1.807) is 0 Å². The monoisotopic (exact) mass is 236 g/mol. The zero-order valence-corrected chi connectivity index (χ0v) is 10.0. The predicted octanol–water partition coefficient (Wildman–Crippen LogP) is 2.58. The minimum atomic E-state index is 0.324. The van der Waals surface area contributed by atoms with Crippen LogP contribution in [0.5, 0.6) is 0 Å². The van der Waals surface area contributed by atoms with Gasteiger partial charge >= 0.3 is 0 Å². The topological polar surface area (TPSA) is 29.3 Å². The third-order valence-corrected chi connectivity index (χ3v) is 3.86. The van der Waals surface area contributed by atoms with Gasteiger partial charge in [-0.2, -0.15) is 0 Å². The van der Waals surface area contributed by atoms with E-state index in [9.17, 15) is 0 Å². The first kappa shape index (κ1) is 10.6. The van der Waals surface area contributed by atoms with Crippen molar-refractivity contribution in [2.75, 3.05) is 6.54 Å². The second-order valence-corrected chi connectivity index (χ2v) is 5.43. The highest BCUT2D eigenvalue weighted by atomic mass is 35.5. The van der Waals surface area contributed by atoms with Crippen molar-refractivity contribution in [2.24, 2.45) is 5.73 Å². The molecular formula is C13H17ClN2. The largest absolute Gasteiger partial charge is 0.326 e. The van der Waals surface area contributed by atoms with Gasteiger partial charge in [0.25, 0.3) is 0 Å². The Morgan fingerprint density at radius 2 is 2.12 bits per heavy atom. The molecule has 1 saturated heterocycles. The highest BCUT2D eigenvalue weighted by Gasteiger charge is 2.40. The van der Waals surface area contributed by atoms with E-state index in [0.29, 0.717) is 12.1 Å². The molecule has 1 heterocycles. The zero-order valence-electron chi connectivity index (χ0n) is 9.27. The molecule has 1 aliphatic heterocycles. The Morgan fingerprint density at radius 1 is 1.31 bits per heavy atom. The molecule has 86 valence electrons. The van der Waals surface area contributed by atoms with Gasteiger partial charge in [0.2, 0.25) is 0 Å². The van der Waals surface area contributed by atoms with Crippen LogP contribution in [-0.4, -0.2) is 23.5 Å². The smallest absolute Gasteiger partial charge is 0.0409 e. The highest BCUT2D eigenvalue weighted by molar-refractivity contribution is 6.30. The molecule has 2 unspecified atom stereocenters. The van der Waals surface area contributed by atoms with Crippen molar-refractivity contribution < 1.29 is 0 Å². The molecule has 0 bridgehead atoms. The van der Waals surface area contributed by atoms with E-state index in [1.807, 2.05) is 12.1 Å². The van der Waals surface area contributed by atoms with Crippen molar-refractivity contribution in [1.29, 1.82) is 0 Å². The van der Waals surface area contributed by atoms with Gasteiger partial charge in [0.15, 0.2) is 0 Å². The van der Waals surface area contributed by atoms with Gasteiger partial charge in [0, 0.05) is 29.7 Å². The van der Waals surface area contributed by atoms with Crippen molar-refractivity contribution >= 4 is 11.6 Å². The Balaban J connectivity index is 1.86. The number of halogens is 1. The Labute approximate surface area is 101 Å². The zero-order chi connectivity index (χ0) is 11.1. The van der Waals surface area contributed by atoms with Crippen molar-refractivity contribution in [3.05, 3.63) is 34.9 Å². The SMILES string of the molecule is NC1CC(c2cccc(Cl)c2)N(C2CC2)C1. The first-order valence-electron chi connectivity index (χ1n) is 6.01.